The van der Waals surface area contributed by atoms with Crippen molar-refractivity contribution < 1.29 is 10.0 Å². The molecule has 0 radical (unpaired) electrons. The van der Waals surface area contributed by atoms with Crippen molar-refractivity contribution in [1.82, 2.24) is 5.48 Å². The molecular weight excluding hydrogens is 168 g/mol. The van der Waals surface area contributed by atoms with Crippen molar-refractivity contribution in [2.45, 2.75) is 44.2 Å². The average Bonchev–Trinajstić information content (AvgIpc) is 2.54. The maximum absolute atomic E-state index is 9.37. The fourth-order valence-corrected chi connectivity index (χ4v) is 2.15. The molecule has 2 N–H and O–H groups in total. The second-order valence-electron chi connectivity index (χ2n) is 4.22. The molecule has 2 rings (SSSR count). The van der Waals surface area contributed by atoms with Gasteiger partial charge in [0, 0.05) is 0 Å². The van der Waals surface area contributed by atoms with Gasteiger partial charge in [0.05, 0.1) is 17.9 Å². The summed E-state index contributed by atoms with van der Waals surface area (Å²) in [4.78, 5) is 4.80. The standard InChI is InChI=1S/C9H16N2O2/c1-9(6-10-13-11-9)7-2-4-8(12)5-3-7/h6-8,11-12H,2-5H2,1H3. The first kappa shape index (κ1) is 8.97. The van der Waals surface area contributed by atoms with Crippen molar-refractivity contribution >= 4 is 6.21 Å². The predicted molar refractivity (Wildman–Crippen MR) is 49.1 cm³/mol. The molecular formula is C9H16N2O2. The quantitative estimate of drug-likeness (QED) is 0.634. The van der Waals surface area contributed by atoms with Gasteiger partial charge < -0.3 is 5.11 Å². The van der Waals surface area contributed by atoms with E-state index in [4.69, 9.17) is 4.94 Å². The number of hydroxylamine groups is 1. The third kappa shape index (κ3) is 1.69. The van der Waals surface area contributed by atoms with Crippen LogP contribution in [0.1, 0.15) is 32.6 Å². The molecule has 1 heterocycles. The Labute approximate surface area is 77.9 Å². The Morgan fingerprint density at radius 1 is 1.46 bits per heavy atom. The summed E-state index contributed by atoms with van der Waals surface area (Å²) in [7, 11) is 0. The molecule has 0 spiro atoms. The van der Waals surface area contributed by atoms with E-state index in [0.717, 1.165) is 25.7 Å². The third-order valence-electron chi connectivity index (χ3n) is 3.18. The molecule has 0 bridgehead atoms. The van der Waals surface area contributed by atoms with Crippen LogP contribution in [-0.2, 0) is 4.94 Å². The van der Waals surface area contributed by atoms with Gasteiger partial charge in [-0.1, -0.05) is 5.16 Å². The smallest absolute Gasteiger partial charge is 0.0946 e. The van der Waals surface area contributed by atoms with Gasteiger partial charge in [-0.25, -0.2) is 0 Å². The molecule has 0 aromatic rings. The van der Waals surface area contributed by atoms with Crippen molar-refractivity contribution in [1.29, 1.82) is 0 Å². The van der Waals surface area contributed by atoms with Crippen LogP contribution in [0, 0.1) is 5.92 Å². The molecule has 1 atom stereocenters. The summed E-state index contributed by atoms with van der Waals surface area (Å²) in [5, 5.41) is 13.1. The van der Waals surface area contributed by atoms with Crippen molar-refractivity contribution in [3.05, 3.63) is 0 Å². The van der Waals surface area contributed by atoms with E-state index in [1.54, 1.807) is 0 Å². The zero-order valence-electron chi connectivity index (χ0n) is 7.86. The summed E-state index contributed by atoms with van der Waals surface area (Å²) in [6, 6.07) is 0. The first-order valence-corrected chi connectivity index (χ1v) is 4.86. The van der Waals surface area contributed by atoms with Gasteiger partial charge in [-0.2, -0.15) is 0 Å². The number of nitrogens with one attached hydrogen (secondary N) is 1. The number of rotatable bonds is 1. The van der Waals surface area contributed by atoms with Crippen molar-refractivity contribution in [3.8, 4) is 0 Å². The van der Waals surface area contributed by atoms with Crippen molar-refractivity contribution in [2.24, 2.45) is 11.1 Å². The first-order chi connectivity index (χ1) is 6.21. The molecule has 1 aliphatic carbocycles. The van der Waals surface area contributed by atoms with Crippen LogP contribution >= 0.6 is 0 Å². The Kier molecular flexibility index (Phi) is 2.26. The molecule has 0 amide bonds. The normalized spacial score (nSPS) is 44.8. The number of aliphatic hydroxyl groups is 1. The highest BCUT2D eigenvalue weighted by molar-refractivity contribution is 5.70. The van der Waals surface area contributed by atoms with Crippen LogP contribution in [0.3, 0.4) is 0 Å². The van der Waals surface area contributed by atoms with Gasteiger partial charge in [0.1, 0.15) is 0 Å². The van der Waals surface area contributed by atoms with E-state index in [1.807, 2.05) is 6.21 Å². The van der Waals surface area contributed by atoms with Gasteiger partial charge in [-0.05, 0) is 38.5 Å². The Morgan fingerprint density at radius 2 is 2.15 bits per heavy atom. The van der Waals surface area contributed by atoms with E-state index >= 15 is 0 Å². The highest BCUT2D eigenvalue weighted by Crippen LogP contribution is 2.33. The van der Waals surface area contributed by atoms with E-state index < -0.39 is 0 Å². The van der Waals surface area contributed by atoms with Crippen LogP contribution in [0.4, 0.5) is 0 Å². The zero-order chi connectivity index (χ0) is 9.31. The van der Waals surface area contributed by atoms with Crippen LogP contribution in [0.25, 0.3) is 0 Å². The predicted octanol–water partition coefficient (Wildman–Crippen LogP) is 0.817. The zero-order valence-corrected chi connectivity index (χ0v) is 7.86. The summed E-state index contributed by atoms with van der Waals surface area (Å²) >= 11 is 0. The van der Waals surface area contributed by atoms with Gasteiger partial charge >= 0.3 is 0 Å². The van der Waals surface area contributed by atoms with Crippen LogP contribution in [0.5, 0.6) is 0 Å². The number of hydrogen-bond donors (Lipinski definition) is 2. The average molecular weight is 184 g/mol. The molecule has 0 saturated heterocycles. The minimum absolute atomic E-state index is 0.0980. The van der Waals surface area contributed by atoms with Gasteiger partial charge in [0.2, 0.25) is 0 Å². The summed E-state index contributed by atoms with van der Waals surface area (Å²) in [6.45, 7) is 2.09. The first-order valence-electron chi connectivity index (χ1n) is 4.86. The maximum atomic E-state index is 9.37. The number of aliphatic hydroxyl groups excluding tert-OH is 1. The molecule has 1 saturated carbocycles. The summed E-state index contributed by atoms with van der Waals surface area (Å²) < 4.78 is 0. The highest BCUT2D eigenvalue weighted by atomic mass is 16.8. The summed E-state index contributed by atoms with van der Waals surface area (Å²) in [5.41, 5.74) is 2.79. The van der Waals surface area contributed by atoms with Crippen molar-refractivity contribution in [3.63, 3.8) is 0 Å². The minimum Gasteiger partial charge on any atom is -0.393 e. The fraction of sp³-hybridized carbons (Fsp3) is 0.889. The van der Waals surface area contributed by atoms with Gasteiger partial charge in [0.25, 0.3) is 0 Å². The fourth-order valence-electron chi connectivity index (χ4n) is 2.15. The van der Waals surface area contributed by atoms with Crippen LogP contribution in [-0.4, -0.2) is 23.0 Å². The second kappa shape index (κ2) is 3.27. The molecule has 1 fully saturated rings. The van der Waals surface area contributed by atoms with Crippen LogP contribution in [0.15, 0.2) is 5.16 Å². The number of hydrogen-bond acceptors (Lipinski definition) is 4. The summed E-state index contributed by atoms with van der Waals surface area (Å²) in [5.74, 6) is 0.530. The second-order valence-corrected chi connectivity index (χ2v) is 4.22. The highest BCUT2D eigenvalue weighted by Gasteiger charge is 2.38. The van der Waals surface area contributed by atoms with Gasteiger partial charge in [-0.15, -0.1) is 5.48 Å². The van der Waals surface area contributed by atoms with Crippen LogP contribution < -0.4 is 5.48 Å². The molecule has 4 heteroatoms. The lowest BCUT2D eigenvalue weighted by Gasteiger charge is -2.34. The number of oxime groups is 1. The molecule has 1 aliphatic heterocycles. The lowest BCUT2D eigenvalue weighted by Crippen LogP contribution is -2.47. The van der Waals surface area contributed by atoms with Gasteiger partial charge in [0.15, 0.2) is 0 Å². The SMILES string of the molecule is CC1(C2CCC(O)CC2)C=NON1. The molecule has 13 heavy (non-hydrogen) atoms. The van der Waals surface area contributed by atoms with E-state index in [1.165, 1.54) is 0 Å². The summed E-state index contributed by atoms with van der Waals surface area (Å²) in [6.07, 6.45) is 5.61. The molecule has 4 nitrogen and oxygen atoms in total. The van der Waals surface area contributed by atoms with Crippen LogP contribution in [0.2, 0.25) is 0 Å². The van der Waals surface area contributed by atoms with Gasteiger partial charge in [-0.3, -0.25) is 4.94 Å². The van der Waals surface area contributed by atoms with E-state index in [2.05, 4.69) is 17.6 Å². The topological polar surface area (TPSA) is 53.9 Å². The Morgan fingerprint density at radius 3 is 2.69 bits per heavy atom. The minimum atomic E-state index is -0.125. The monoisotopic (exact) mass is 184 g/mol. The molecule has 74 valence electrons. The van der Waals surface area contributed by atoms with E-state index in [-0.39, 0.29) is 11.6 Å². The lowest BCUT2D eigenvalue weighted by atomic mass is 9.76. The van der Waals surface area contributed by atoms with Crippen molar-refractivity contribution in [2.75, 3.05) is 0 Å². The van der Waals surface area contributed by atoms with E-state index in [9.17, 15) is 5.11 Å². The molecule has 2 aliphatic rings. The van der Waals surface area contributed by atoms with E-state index in [0.29, 0.717) is 5.92 Å². The Hall–Kier alpha value is -0.610. The molecule has 0 aromatic heterocycles. The largest absolute Gasteiger partial charge is 0.393 e. The Bertz CT molecular complexity index is 212. The molecule has 1 unspecified atom stereocenters. The lowest BCUT2D eigenvalue weighted by molar-refractivity contribution is 0.00377. The number of nitrogens with zero attached hydrogens (tertiary/aromatic N) is 1. The molecule has 0 aromatic carbocycles. The third-order valence-corrected chi connectivity index (χ3v) is 3.18. The Balaban J connectivity index is 1.97. The maximum Gasteiger partial charge on any atom is 0.0946 e.